The first kappa shape index (κ1) is 18.2. The van der Waals surface area contributed by atoms with Crippen LogP contribution in [0.25, 0.3) is 0 Å². The van der Waals surface area contributed by atoms with Crippen LogP contribution in [0.5, 0.6) is 0 Å². The summed E-state index contributed by atoms with van der Waals surface area (Å²) in [5.41, 5.74) is 1.31. The van der Waals surface area contributed by atoms with Crippen molar-refractivity contribution >= 4 is 11.7 Å². The van der Waals surface area contributed by atoms with Crippen molar-refractivity contribution in [3.05, 3.63) is 59.3 Å². The van der Waals surface area contributed by atoms with Crippen molar-refractivity contribution < 1.29 is 18.0 Å². The van der Waals surface area contributed by atoms with Gasteiger partial charge in [-0.3, -0.25) is 4.79 Å². The third kappa shape index (κ3) is 4.53. The van der Waals surface area contributed by atoms with Crippen molar-refractivity contribution in [2.45, 2.75) is 32.0 Å². The maximum atomic E-state index is 12.6. The normalized spacial score (nSPS) is 17.4. The Balaban J connectivity index is 1.54. The summed E-state index contributed by atoms with van der Waals surface area (Å²) in [5.74, 6) is 0.441. The molecule has 1 aliphatic heterocycles. The van der Waals surface area contributed by atoms with E-state index in [9.17, 15) is 18.0 Å². The molecule has 0 saturated carbocycles. The summed E-state index contributed by atoms with van der Waals surface area (Å²) in [5, 5.41) is 2.99. The number of nitrogens with one attached hydrogen (secondary N) is 1. The molecule has 1 fully saturated rings. The second-order valence-corrected chi connectivity index (χ2v) is 6.57. The Morgan fingerprint density at radius 2 is 2.12 bits per heavy atom. The van der Waals surface area contributed by atoms with E-state index in [1.165, 1.54) is 6.07 Å². The highest BCUT2D eigenvalue weighted by Crippen LogP contribution is 2.29. The standard InChI is InChI=1S/C19H20F3N3O/c1-13-3-2-4-14(9-13)10-18(26)24-16-7-8-25(12-16)17-6-5-15(11-23-17)19(20,21)22/h2-6,9,11,16H,7-8,10,12H2,1H3,(H,24,26)/t16-/m0/s1. The molecule has 2 aromatic rings. The van der Waals surface area contributed by atoms with E-state index in [0.717, 1.165) is 29.8 Å². The molecule has 4 nitrogen and oxygen atoms in total. The average Bonchev–Trinajstić information content (AvgIpc) is 3.02. The maximum Gasteiger partial charge on any atom is 0.417 e. The van der Waals surface area contributed by atoms with Gasteiger partial charge < -0.3 is 10.2 Å². The van der Waals surface area contributed by atoms with Crippen LogP contribution in [0.3, 0.4) is 0 Å². The van der Waals surface area contributed by atoms with E-state index in [2.05, 4.69) is 10.3 Å². The molecule has 1 aromatic carbocycles. The molecule has 3 rings (SSSR count). The van der Waals surface area contributed by atoms with Crippen LogP contribution >= 0.6 is 0 Å². The van der Waals surface area contributed by atoms with E-state index in [0.29, 0.717) is 25.3 Å². The van der Waals surface area contributed by atoms with Crippen molar-refractivity contribution in [1.29, 1.82) is 0 Å². The van der Waals surface area contributed by atoms with Crippen LogP contribution in [0.1, 0.15) is 23.1 Å². The Morgan fingerprint density at radius 1 is 1.31 bits per heavy atom. The smallest absolute Gasteiger partial charge is 0.354 e. The van der Waals surface area contributed by atoms with Gasteiger partial charge in [0.15, 0.2) is 0 Å². The van der Waals surface area contributed by atoms with Gasteiger partial charge in [-0.25, -0.2) is 4.98 Å². The van der Waals surface area contributed by atoms with Crippen LogP contribution < -0.4 is 10.2 Å². The number of carbonyl (C=O) groups is 1. The molecule has 0 radical (unpaired) electrons. The predicted octanol–water partition coefficient (Wildman–Crippen LogP) is 3.35. The van der Waals surface area contributed by atoms with Gasteiger partial charge in [0.25, 0.3) is 0 Å². The van der Waals surface area contributed by atoms with Crippen LogP contribution in [0.4, 0.5) is 19.0 Å². The number of alkyl halides is 3. The van der Waals surface area contributed by atoms with E-state index in [4.69, 9.17) is 0 Å². The Hall–Kier alpha value is -2.57. The number of benzene rings is 1. The van der Waals surface area contributed by atoms with Gasteiger partial charge in [0, 0.05) is 25.3 Å². The minimum absolute atomic E-state index is 0.0311. The number of aryl methyl sites for hydroxylation is 1. The highest BCUT2D eigenvalue weighted by atomic mass is 19.4. The molecular weight excluding hydrogens is 343 g/mol. The van der Waals surface area contributed by atoms with E-state index >= 15 is 0 Å². The fraction of sp³-hybridized carbons (Fsp3) is 0.368. The van der Waals surface area contributed by atoms with Crippen LogP contribution in [0, 0.1) is 6.92 Å². The van der Waals surface area contributed by atoms with Crippen LogP contribution in [-0.2, 0) is 17.4 Å². The lowest BCUT2D eigenvalue weighted by Crippen LogP contribution is -2.38. The molecule has 2 heterocycles. The third-order valence-electron chi connectivity index (χ3n) is 4.40. The molecule has 1 N–H and O–H groups in total. The number of pyridine rings is 1. The summed E-state index contributed by atoms with van der Waals surface area (Å²) in [6, 6.07) is 10.2. The zero-order valence-electron chi connectivity index (χ0n) is 14.4. The first-order valence-electron chi connectivity index (χ1n) is 8.44. The minimum Gasteiger partial charge on any atom is -0.354 e. The number of halogens is 3. The van der Waals surface area contributed by atoms with Crippen LogP contribution in [0.2, 0.25) is 0 Å². The van der Waals surface area contributed by atoms with Crippen molar-refractivity contribution in [3.8, 4) is 0 Å². The minimum atomic E-state index is -4.39. The lowest BCUT2D eigenvalue weighted by Gasteiger charge is -2.18. The molecule has 1 saturated heterocycles. The van der Waals surface area contributed by atoms with Gasteiger partial charge in [-0.1, -0.05) is 29.8 Å². The molecule has 0 aliphatic carbocycles. The summed E-state index contributed by atoms with van der Waals surface area (Å²) in [6.45, 7) is 3.17. The van der Waals surface area contributed by atoms with Crippen molar-refractivity contribution in [2.75, 3.05) is 18.0 Å². The summed E-state index contributed by atoms with van der Waals surface area (Å²) in [6.07, 6.45) is -2.49. The van der Waals surface area contributed by atoms with E-state index in [-0.39, 0.29) is 11.9 Å². The van der Waals surface area contributed by atoms with Crippen LogP contribution in [0.15, 0.2) is 42.6 Å². The number of hydrogen-bond donors (Lipinski definition) is 1. The molecule has 138 valence electrons. The monoisotopic (exact) mass is 363 g/mol. The van der Waals surface area contributed by atoms with Crippen molar-refractivity contribution in [3.63, 3.8) is 0 Å². The molecule has 1 amide bonds. The summed E-state index contributed by atoms with van der Waals surface area (Å²) in [4.78, 5) is 18.0. The molecule has 0 unspecified atom stereocenters. The number of rotatable bonds is 4. The fourth-order valence-electron chi connectivity index (χ4n) is 3.11. The second kappa shape index (κ2) is 7.35. The Bertz CT molecular complexity index is 774. The molecule has 0 bridgehead atoms. The zero-order valence-corrected chi connectivity index (χ0v) is 14.4. The van der Waals surface area contributed by atoms with Gasteiger partial charge in [0.2, 0.25) is 5.91 Å². The second-order valence-electron chi connectivity index (χ2n) is 6.57. The number of anilines is 1. The molecule has 0 spiro atoms. The zero-order chi connectivity index (χ0) is 18.7. The van der Waals surface area contributed by atoms with Crippen molar-refractivity contribution in [1.82, 2.24) is 10.3 Å². The fourth-order valence-corrected chi connectivity index (χ4v) is 3.11. The van der Waals surface area contributed by atoms with Gasteiger partial charge in [-0.15, -0.1) is 0 Å². The molecule has 1 aromatic heterocycles. The van der Waals surface area contributed by atoms with Gasteiger partial charge in [-0.05, 0) is 31.0 Å². The van der Waals surface area contributed by atoms with E-state index in [1.807, 2.05) is 36.1 Å². The molecule has 1 atom stereocenters. The Labute approximate surface area is 150 Å². The lowest BCUT2D eigenvalue weighted by atomic mass is 10.1. The molecule has 26 heavy (non-hydrogen) atoms. The summed E-state index contributed by atoms with van der Waals surface area (Å²) >= 11 is 0. The average molecular weight is 363 g/mol. The first-order valence-corrected chi connectivity index (χ1v) is 8.44. The lowest BCUT2D eigenvalue weighted by molar-refractivity contribution is -0.137. The predicted molar refractivity (Wildman–Crippen MR) is 92.9 cm³/mol. The highest BCUT2D eigenvalue weighted by molar-refractivity contribution is 5.79. The molecule has 1 aliphatic rings. The molecular formula is C19H20F3N3O. The molecule has 7 heteroatoms. The van der Waals surface area contributed by atoms with Gasteiger partial charge in [-0.2, -0.15) is 13.2 Å². The Morgan fingerprint density at radius 3 is 2.77 bits per heavy atom. The number of nitrogens with zero attached hydrogens (tertiary/aromatic N) is 2. The quantitative estimate of drug-likeness (QED) is 0.906. The van der Waals surface area contributed by atoms with E-state index < -0.39 is 11.7 Å². The number of hydrogen-bond acceptors (Lipinski definition) is 3. The first-order chi connectivity index (χ1) is 12.3. The van der Waals surface area contributed by atoms with Gasteiger partial charge >= 0.3 is 6.18 Å². The number of aromatic nitrogens is 1. The topological polar surface area (TPSA) is 45.2 Å². The number of amides is 1. The maximum absolute atomic E-state index is 12.6. The summed E-state index contributed by atoms with van der Waals surface area (Å²) < 4.78 is 37.8. The SMILES string of the molecule is Cc1cccc(CC(=O)N[C@H]2CCN(c3ccc(C(F)(F)F)cn3)C2)c1. The van der Waals surface area contributed by atoms with Crippen molar-refractivity contribution in [2.24, 2.45) is 0 Å². The largest absolute Gasteiger partial charge is 0.417 e. The Kier molecular flexibility index (Phi) is 5.15. The van der Waals surface area contributed by atoms with Crippen LogP contribution in [-0.4, -0.2) is 30.0 Å². The van der Waals surface area contributed by atoms with Gasteiger partial charge in [0.1, 0.15) is 5.82 Å². The van der Waals surface area contributed by atoms with Gasteiger partial charge in [0.05, 0.1) is 12.0 Å². The number of carbonyl (C=O) groups excluding carboxylic acids is 1. The van der Waals surface area contributed by atoms with E-state index in [1.54, 1.807) is 0 Å². The third-order valence-corrected chi connectivity index (χ3v) is 4.40. The summed E-state index contributed by atoms with van der Waals surface area (Å²) in [7, 11) is 0. The highest BCUT2D eigenvalue weighted by Gasteiger charge is 2.31.